The summed E-state index contributed by atoms with van der Waals surface area (Å²) in [5, 5.41) is 2.99. The van der Waals surface area contributed by atoms with Crippen LogP contribution in [-0.4, -0.2) is 42.5 Å². The van der Waals surface area contributed by atoms with E-state index < -0.39 is 0 Å². The fourth-order valence-corrected chi connectivity index (χ4v) is 4.00. The molecule has 1 aliphatic carbocycles. The average molecular weight is 281 g/mol. The number of likely N-dealkylation sites (tertiary alicyclic amines) is 1. The third-order valence-electron chi connectivity index (χ3n) is 5.02. The summed E-state index contributed by atoms with van der Waals surface area (Å²) in [4.78, 5) is 14.5. The number of carbonyl (C=O) groups is 1. The van der Waals surface area contributed by atoms with Crippen LogP contribution in [0.1, 0.15) is 58.3 Å². The fraction of sp³-hybridized carbons (Fsp3) is 0.938. The topological polar surface area (TPSA) is 58.4 Å². The highest BCUT2D eigenvalue weighted by Crippen LogP contribution is 2.36. The van der Waals surface area contributed by atoms with Crippen molar-refractivity contribution in [2.75, 3.05) is 19.6 Å². The van der Waals surface area contributed by atoms with Crippen LogP contribution < -0.4 is 11.1 Å². The molecule has 0 aromatic heterocycles. The zero-order valence-electron chi connectivity index (χ0n) is 12.9. The fourth-order valence-electron chi connectivity index (χ4n) is 4.00. The largest absolute Gasteiger partial charge is 0.356 e. The third-order valence-corrected chi connectivity index (χ3v) is 5.02. The van der Waals surface area contributed by atoms with Crippen LogP contribution in [0.3, 0.4) is 0 Å². The average Bonchev–Trinajstić information content (AvgIpc) is 2.50. The van der Waals surface area contributed by atoms with Gasteiger partial charge in [-0.25, -0.2) is 0 Å². The molecule has 1 saturated carbocycles. The number of carbonyl (C=O) groups excluding carboxylic acids is 1. The summed E-state index contributed by atoms with van der Waals surface area (Å²) in [5.41, 5.74) is 5.98. The number of amides is 1. The van der Waals surface area contributed by atoms with E-state index in [1.54, 1.807) is 0 Å². The number of rotatable bonds is 6. The van der Waals surface area contributed by atoms with Crippen LogP contribution >= 0.6 is 0 Å². The molecule has 0 bridgehead atoms. The molecule has 1 saturated heterocycles. The molecule has 2 rings (SSSR count). The van der Waals surface area contributed by atoms with Gasteiger partial charge in [-0.1, -0.05) is 19.8 Å². The zero-order valence-corrected chi connectivity index (χ0v) is 12.9. The van der Waals surface area contributed by atoms with Gasteiger partial charge in [-0.15, -0.1) is 0 Å². The van der Waals surface area contributed by atoms with E-state index >= 15 is 0 Å². The minimum atomic E-state index is 0.167. The molecule has 4 heteroatoms. The smallest absolute Gasteiger partial charge is 0.221 e. The Morgan fingerprint density at radius 2 is 2.05 bits per heavy atom. The van der Waals surface area contributed by atoms with Gasteiger partial charge in [0, 0.05) is 31.6 Å². The molecule has 20 heavy (non-hydrogen) atoms. The summed E-state index contributed by atoms with van der Waals surface area (Å²) in [6.07, 6.45) is 9.62. The van der Waals surface area contributed by atoms with Gasteiger partial charge in [-0.2, -0.15) is 0 Å². The van der Waals surface area contributed by atoms with Gasteiger partial charge in [0.05, 0.1) is 0 Å². The van der Waals surface area contributed by atoms with Crippen LogP contribution in [0.15, 0.2) is 0 Å². The lowest BCUT2D eigenvalue weighted by Crippen LogP contribution is -2.54. The molecule has 4 nitrogen and oxygen atoms in total. The van der Waals surface area contributed by atoms with Crippen molar-refractivity contribution in [1.29, 1.82) is 0 Å². The van der Waals surface area contributed by atoms with Crippen molar-refractivity contribution in [3.63, 3.8) is 0 Å². The van der Waals surface area contributed by atoms with Crippen molar-refractivity contribution in [2.24, 2.45) is 11.7 Å². The Morgan fingerprint density at radius 1 is 1.30 bits per heavy atom. The Kier molecular flexibility index (Phi) is 6.30. The molecule has 1 heterocycles. The van der Waals surface area contributed by atoms with Crippen molar-refractivity contribution < 1.29 is 4.79 Å². The summed E-state index contributed by atoms with van der Waals surface area (Å²) < 4.78 is 0. The quantitative estimate of drug-likeness (QED) is 0.781. The zero-order chi connectivity index (χ0) is 14.4. The molecular weight excluding hydrogens is 250 g/mol. The van der Waals surface area contributed by atoms with Crippen molar-refractivity contribution in [3.8, 4) is 0 Å². The number of fused-ring (bicyclic) bond motifs is 1. The van der Waals surface area contributed by atoms with Crippen LogP contribution in [-0.2, 0) is 4.79 Å². The lowest BCUT2D eigenvalue weighted by Gasteiger charge is -2.47. The molecule has 0 aromatic carbocycles. The normalized spacial score (nSPS) is 28.7. The Balaban J connectivity index is 1.93. The predicted octanol–water partition coefficient (Wildman–Crippen LogP) is 1.88. The maximum absolute atomic E-state index is 12.0. The minimum Gasteiger partial charge on any atom is -0.356 e. The van der Waals surface area contributed by atoms with Crippen molar-refractivity contribution >= 4 is 5.91 Å². The lowest BCUT2D eigenvalue weighted by atomic mass is 9.77. The van der Waals surface area contributed by atoms with Gasteiger partial charge in [0.25, 0.3) is 0 Å². The first-order chi connectivity index (χ1) is 9.76. The number of nitrogens with zero attached hydrogens (tertiary/aromatic N) is 1. The predicted molar refractivity (Wildman–Crippen MR) is 82.4 cm³/mol. The monoisotopic (exact) mass is 281 g/mol. The van der Waals surface area contributed by atoms with E-state index in [1.807, 2.05) is 0 Å². The van der Waals surface area contributed by atoms with Crippen molar-refractivity contribution in [2.45, 2.75) is 70.4 Å². The molecule has 3 atom stereocenters. The molecular formula is C16H31N3O. The summed E-state index contributed by atoms with van der Waals surface area (Å²) in [6.45, 7) is 4.59. The Hall–Kier alpha value is -0.610. The van der Waals surface area contributed by atoms with Gasteiger partial charge in [-0.3, -0.25) is 9.69 Å². The highest BCUT2D eigenvalue weighted by molar-refractivity contribution is 5.76. The molecule has 1 aliphatic heterocycles. The highest BCUT2D eigenvalue weighted by atomic mass is 16.1. The summed E-state index contributed by atoms with van der Waals surface area (Å²) in [6, 6.07) is 0.919. The second-order valence-corrected chi connectivity index (χ2v) is 6.44. The Morgan fingerprint density at radius 3 is 2.80 bits per heavy atom. The van der Waals surface area contributed by atoms with E-state index in [0.717, 1.165) is 25.4 Å². The van der Waals surface area contributed by atoms with Crippen LogP contribution in [0.5, 0.6) is 0 Å². The van der Waals surface area contributed by atoms with E-state index in [-0.39, 0.29) is 11.9 Å². The number of hydrogen-bond acceptors (Lipinski definition) is 3. The first-order valence-electron chi connectivity index (χ1n) is 8.48. The number of hydrogen-bond donors (Lipinski definition) is 2. The third kappa shape index (κ3) is 3.95. The first-order valence-corrected chi connectivity index (χ1v) is 8.48. The standard InChI is InChI=1S/C16H31N3O/c1-2-9-18-16(20)11-14(12-17)19-10-5-7-13-6-3-4-8-15(13)19/h13-15H,2-12,17H2,1H3,(H,18,20). The van der Waals surface area contributed by atoms with E-state index in [1.165, 1.54) is 38.5 Å². The van der Waals surface area contributed by atoms with Gasteiger partial charge in [0.1, 0.15) is 0 Å². The Labute approximate surface area is 123 Å². The summed E-state index contributed by atoms with van der Waals surface area (Å²) in [5.74, 6) is 1.02. The van der Waals surface area contributed by atoms with Gasteiger partial charge in [0.15, 0.2) is 0 Å². The SMILES string of the molecule is CCCNC(=O)CC(CN)N1CCCC2CCCCC21. The molecule has 3 unspecified atom stereocenters. The summed E-state index contributed by atoms with van der Waals surface area (Å²) in [7, 11) is 0. The molecule has 116 valence electrons. The van der Waals surface area contributed by atoms with E-state index in [9.17, 15) is 4.79 Å². The van der Waals surface area contributed by atoms with Crippen LogP contribution in [0.4, 0.5) is 0 Å². The Bertz CT molecular complexity index is 306. The number of nitrogens with one attached hydrogen (secondary N) is 1. The van der Waals surface area contributed by atoms with Crippen LogP contribution in [0.25, 0.3) is 0 Å². The van der Waals surface area contributed by atoms with Crippen molar-refractivity contribution in [3.05, 3.63) is 0 Å². The minimum absolute atomic E-state index is 0.167. The molecule has 0 radical (unpaired) electrons. The summed E-state index contributed by atoms with van der Waals surface area (Å²) >= 11 is 0. The van der Waals surface area contributed by atoms with E-state index in [4.69, 9.17) is 5.73 Å². The molecule has 2 fully saturated rings. The maximum Gasteiger partial charge on any atom is 0.221 e. The molecule has 0 spiro atoms. The maximum atomic E-state index is 12.0. The van der Waals surface area contributed by atoms with Crippen LogP contribution in [0, 0.1) is 5.92 Å². The first kappa shape index (κ1) is 15.8. The van der Waals surface area contributed by atoms with E-state index in [2.05, 4.69) is 17.1 Å². The van der Waals surface area contributed by atoms with Gasteiger partial charge < -0.3 is 11.1 Å². The second kappa shape index (κ2) is 7.99. The number of nitrogens with two attached hydrogens (primary N) is 1. The number of piperidine rings is 1. The molecule has 2 aliphatic rings. The molecule has 0 aromatic rings. The highest BCUT2D eigenvalue weighted by Gasteiger charge is 2.36. The molecule has 1 amide bonds. The van der Waals surface area contributed by atoms with Gasteiger partial charge in [-0.05, 0) is 44.6 Å². The van der Waals surface area contributed by atoms with Crippen LogP contribution in [0.2, 0.25) is 0 Å². The van der Waals surface area contributed by atoms with E-state index in [0.29, 0.717) is 19.0 Å². The van der Waals surface area contributed by atoms with Gasteiger partial charge >= 0.3 is 0 Å². The van der Waals surface area contributed by atoms with Crippen molar-refractivity contribution in [1.82, 2.24) is 10.2 Å². The molecule has 3 N–H and O–H groups in total. The van der Waals surface area contributed by atoms with Gasteiger partial charge in [0.2, 0.25) is 5.91 Å². The second-order valence-electron chi connectivity index (χ2n) is 6.44. The lowest BCUT2D eigenvalue weighted by molar-refractivity contribution is -0.123.